The number of carbonyl (C=O) groups excluding carboxylic acids is 3. The average Bonchev–Trinajstić information content (AvgIpc) is 2.84. The van der Waals surface area contributed by atoms with Crippen molar-refractivity contribution < 1.29 is 19.1 Å². The Bertz CT molecular complexity index is 1410. The molecule has 1 aliphatic rings. The molecule has 0 unspecified atom stereocenters. The number of anilines is 1. The number of imide groups is 2. The number of nitrogens with one attached hydrogen (secondary N) is 1. The molecular weight excluding hydrogens is 499 g/mol. The first kappa shape index (κ1) is 25.2. The fourth-order valence-corrected chi connectivity index (χ4v) is 4.06. The van der Waals surface area contributed by atoms with Gasteiger partial charge in [-0.15, -0.1) is 6.58 Å². The lowest BCUT2D eigenvalue weighted by atomic mass is 10.0. The van der Waals surface area contributed by atoms with Crippen molar-refractivity contribution in [1.29, 1.82) is 0 Å². The van der Waals surface area contributed by atoms with E-state index in [0.717, 1.165) is 21.6 Å². The van der Waals surface area contributed by atoms with Crippen molar-refractivity contribution in [2.75, 3.05) is 4.90 Å². The summed E-state index contributed by atoms with van der Waals surface area (Å²) in [5.41, 5.74) is 3.13. The van der Waals surface area contributed by atoms with Crippen LogP contribution >= 0.6 is 23.2 Å². The van der Waals surface area contributed by atoms with Gasteiger partial charge in [-0.2, -0.15) is 0 Å². The van der Waals surface area contributed by atoms with E-state index in [4.69, 9.17) is 27.9 Å². The van der Waals surface area contributed by atoms with Crippen LogP contribution < -0.4 is 15.0 Å². The van der Waals surface area contributed by atoms with Gasteiger partial charge >= 0.3 is 6.03 Å². The largest absolute Gasteiger partial charge is 0.489 e. The molecule has 3 aromatic rings. The number of benzene rings is 3. The quantitative estimate of drug-likeness (QED) is 0.226. The summed E-state index contributed by atoms with van der Waals surface area (Å²) in [5, 5.41) is 3.23. The van der Waals surface area contributed by atoms with Gasteiger partial charge in [-0.05, 0) is 66.4 Å². The maximum absolute atomic E-state index is 13.2. The van der Waals surface area contributed by atoms with Crippen molar-refractivity contribution in [1.82, 2.24) is 5.32 Å². The van der Waals surface area contributed by atoms with Crippen molar-refractivity contribution in [3.05, 3.63) is 111 Å². The van der Waals surface area contributed by atoms with Gasteiger partial charge in [0.25, 0.3) is 11.8 Å². The molecule has 0 atom stereocenters. The topological polar surface area (TPSA) is 75.7 Å². The molecule has 4 rings (SSSR count). The minimum Gasteiger partial charge on any atom is -0.489 e. The number of hydrogen-bond donors (Lipinski definition) is 1. The Morgan fingerprint density at radius 2 is 1.75 bits per heavy atom. The smallest absolute Gasteiger partial charge is 0.335 e. The van der Waals surface area contributed by atoms with Crippen LogP contribution in [0, 0.1) is 6.92 Å². The third-order valence-corrected chi connectivity index (χ3v) is 6.39. The number of allylic oxidation sites excluding steroid dienone is 1. The zero-order chi connectivity index (χ0) is 25.8. The van der Waals surface area contributed by atoms with Crippen LogP contribution in [0.4, 0.5) is 10.5 Å². The van der Waals surface area contributed by atoms with Crippen LogP contribution in [0.25, 0.3) is 6.08 Å². The zero-order valence-electron chi connectivity index (χ0n) is 19.4. The van der Waals surface area contributed by atoms with Crippen LogP contribution in [-0.2, 0) is 22.6 Å². The average molecular weight is 521 g/mol. The van der Waals surface area contributed by atoms with Gasteiger partial charge in [-0.3, -0.25) is 14.9 Å². The van der Waals surface area contributed by atoms with Gasteiger partial charge in [0.1, 0.15) is 17.9 Å². The molecule has 6 nitrogen and oxygen atoms in total. The maximum Gasteiger partial charge on any atom is 0.335 e. The predicted octanol–water partition coefficient (Wildman–Crippen LogP) is 6.28. The first-order chi connectivity index (χ1) is 17.3. The lowest BCUT2D eigenvalue weighted by Crippen LogP contribution is -2.54. The SMILES string of the molecule is C=CCc1cc(/C=C2/C(=O)NC(=O)N(c3ccc(C)c(Cl)c3)C2=O)ccc1OCc1ccccc1Cl. The van der Waals surface area contributed by atoms with E-state index in [-0.39, 0.29) is 17.9 Å². The number of hydrogen-bond acceptors (Lipinski definition) is 4. The predicted molar refractivity (Wildman–Crippen MR) is 141 cm³/mol. The summed E-state index contributed by atoms with van der Waals surface area (Å²) >= 11 is 12.4. The van der Waals surface area contributed by atoms with E-state index < -0.39 is 17.8 Å². The Labute approximate surface area is 218 Å². The monoisotopic (exact) mass is 520 g/mol. The minimum atomic E-state index is -0.835. The molecule has 3 aromatic carbocycles. The van der Waals surface area contributed by atoms with Gasteiger partial charge < -0.3 is 4.74 Å². The van der Waals surface area contributed by atoms with Gasteiger partial charge in [-0.1, -0.05) is 59.6 Å². The van der Waals surface area contributed by atoms with Crippen molar-refractivity contribution in [3.63, 3.8) is 0 Å². The summed E-state index contributed by atoms with van der Waals surface area (Å²) in [5.74, 6) is -0.890. The van der Waals surface area contributed by atoms with E-state index in [1.807, 2.05) is 25.1 Å². The highest BCUT2D eigenvalue weighted by Crippen LogP contribution is 2.28. The highest BCUT2D eigenvalue weighted by atomic mass is 35.5. The number of aryl methyl sites for hydroxylation is 1. The molecular formula is C28H22Cl2N2O4. The molecule has 0 bridgehead atoms. The number of barbiturate groups is 1. The summed E-state index contributed by atoms with van der Waals surface area (Å²) in [4.78, 5) is 39.1. The van der Waals surface area contributed by atoms with E-state index in [9.17, 15) is 14.4 Å². The number of ether oxygens (including phenoxy) is 1. The van der Waals surface area contributed by atoms with E-state index >= 15 is 0 Å². The van der Waals surface area contributed by atoms with E-state index in [1.165, 1.54) is 12.1 Å². The second-order valence-corrected chi connectivity index (χ2v) is 8.95. The zero-order valence-corrected chi connectivity index (χ0v) is 20.9. The number of amides is 4. The molecule has 8 heteroatoms. The molecule has 1 N–H and O–H groups in total. The number of rotatable bonds is 7. The molecule has 1 saturated heterocycles. The third-order valence-electron chi connectivity index (χ3n) is 5.62. The fraction of sp³-hybridized carbons (Fsp3) is 0.107. The molecule has 1 heterocycles. The van der Waals surface area contributed by atoms with Crippen molar-refractivity contribution >= 4 is 52.8 Å². The Morgan fingerprint density at radius 1 is 0.972 bits per heavy atom. The Kier molecular flexibility index (Phi) is 7.58. The normalized spacial score (nSPS) is 14.7. The Hall–Kier alpha value is -3.87. The second kappa shape index (κ2) is 10.8. The maximum atomic E-state index is 13.2. The van der Waals surface area contributed by atoms with Crippen LogP contribution in [0.3, 0.4) is 0 Å². The Balaban J connectivity index is 1.63. The van der Waals surface area contributed by atoms with Crippen LogP contribution in [-0.4, -0.2) is 17.8 Å². The number of carbonyl (C=O) groups is 3. The number of nitrogens with zero attached hydrogens (tertiary/aromatic N) is 1. The molecule has 0 radical (unpaired) electrons. The van der Waals surface area contributed by atoms with E-state index in [0.29, 0.717) is 27.8 Å². The fourth-order valence-electron chi connectivity index (χ4n) is 3.70. The number of halogens is 2. The van der Waals surface area contributed by atoms with E-state index in [2.05, 4.69) is 11.9 Å². The lowest BCUT2D eigenvalue weighted by Gasteiger charge is -2.26. The van der Waals surface area contributed by atoms with Gasteiger partial charge in [0, 0.05) is 15.6 Å². The minimum absolute atomic E-state index is 0.180. The van der Waals surface area contributed by atoms with Gasteiger partial charge in [0.15, 0.2) is 0 Å². The van der Waals surface area contributed by atoms with E-state index in [1.54, 1.807) is 42.5 Å². The molecule has 0 aliphatic carbocycles. The molecule has 4 amide bonds. The van der Waals surface area contributed by atoms with Crippen molar-refractivity contribution in [3.8, 4) is 5.75 Å². The highest BCUT2D eigenvalue weighted by Gasteiger charge is 2.37. The molecule has 0 aromatic heterocycles. The van der Waals surface area contributed by atoms with Crippen LogP contribution in [0.1, 0.15) is 22.3 Å². The van der Waals surface area contributed by atoms with Gasteiger partial charge in [0.05, 0.1) is 5.69 Å². The third kappa shape index (κ3) is 5.35. The lowest BCUT2D eigenvalue weighted by molar-refractivity contribution is -0.122. The first-order valence-corrected chi connectivity index (χ1v) is 11.8. The van der Waals surface area contributed by atoms with Crippen LogP contribution in [0.15, 0.2) is 78.9 Å². The summed E-state index contributed by atoms with van der Waals surface area (Å²) in [6.45, 7) is 5.89. The van der Waals surface area contributed by atoms with Crippen LogP contribution in [0.5, 0.6) is 5.75 Å². The first-order valence-electron chi connectivity index (χ1n) is 11.1. The summed E-state index contributed by atoms with van der Waals surface area (Å²) in [7, 11) is 0. The molecule has 1 aliphatic heterocycles. The van der Waals surface area contributed by atoms with Gasteiger partial charge in [0.2, 0.25) is 0 Å². The summed E-state index contributed by atoms with van der Waals surface area (Å²) in [6.07, 6.45) is 3.67. The van der Waals surface area contributed by atoms with Crippen molar-refractivity contribution in [2.24, 2.45) is 0 Å². The van der Waals surface area contributed by atoms with Crippen LogP contribution in [0.2, 0.25) is 10.0 Å². The van der Waals surface area contributed by atoms with Gasteiger partial charge in [-0.25, -0.2) is 9.69 Å². The highest BCUT2D eigenvalue weighted by molar-refractivity contribution is 6.39. The standard InChI is InChI=1S/C28H22Cl2N2O4/c1-3-6-19-13-18(10-12-25(19)36-16-20-7-4-5-8-23(20)29)14-22-26(33)31-28(35)32(27(22)34)21-11-9-17(2)24(30)15-21/h3-5,7-15H,1,6,16H2,2H3,(H,31,33,35)/b22-14-. The number of urea groups is 1. The van der Waals surface area contributed by atoms with Crippen molar-refractivity contribution in [2.45, 2.75) is 20.0 Å². The summed E-state index contributed by atoms with van der Waals surface area (Å²) < 4.78 is 5.99. The molecule has 182 valence electrons. The second-order valence-electron chi connectivity index (χ2n) is 8.13. The molecule has 0 saturated carbocycles. The summed E-state index contributed by atoms with van der Waals surface area (Å²) in [6, 6.07) is 16.7. The Morgan fingerprint density at radius 3 is 2.47 bits per heavy atom. The molecule has 36 heavy (non-hydrogen) atoms. The molecule has 1 fully saturated rings. The molecule has 0 spiro atoms.